The molecule has 150 valence electrons. The maximum absolute atomic E-state index is 12.2. The van der Waals surface area contributed by atoms with E-state index in [0.717, 1.165) is 0 Å². The summed E-state index contributed by atoms with van der Waals surface area (Å²) in [5.41, 5.74) is 0.560. The molecule has 10 heteroatoms. The van der Waals surface area contributed by atoms with Crippen molar-refractivity contribution >= 4 is 27.3 Å². The molecule has 0 saturated heterocycles. The third-order valence-electron chi connectivity index (χ3n) is 3.81. The van der Waals surface area contributed by atoms with Crippen LogP contribution in [0.2, 0.25) is 0 Å². The summed E-state index contributed by atoms with van der Waals surface area (Å²) in [5.74, 6) is -0.442. The Balaban J connectivity index is 1.99. The molecule has 28 heavy (non-hydrogen) atoms. The number of amides is 1. The number of nitro benzene ring substituents is 1. The fraction of sp³-hybridized carbons (Fsp3) is 0.278. The summed E-state index contributed by atoms with van der Waals surface area (Å²) >= 11 is 0. The van der Waals surface area contributed by atoms with Crippen molar-refractivity contribution in [2.45, 2.75) is 17.7 Å². The number of sulfonamides is 1. The minimum Gasteiger partial charge on any atom is -0.385 e. The molecule has 0 spiro atoms. The zero-order chi connectivity index (χ0) is 20.6. The van der Waals surface area contributed by atoms with E-state index < -0.39 is 20.9 Å². The van der Waals surface area contributed by atoms with Gasteiger partial charge in [0.05, 0.1) is 16.2 Å². The molecule has 0 saturated carbocycles. The van der Waals surface area contributed by atoms with Gasteiger partial charge in [0, 0.05) is 37.6 Å². The molecule has 0 fully saturated rings. The largest absolute Gasteiger partial charge is 0.385 e. The molecule has 1 amide bonds. The van der Waals surface area contributed by atoms with Gasteiger partial charge in [-0.1, -0.05) is 18.2 Å². The molecule has 2 N–H and O–H groups in total. The van der Waals surface area contributed by atoms with Crippen molar-refractivity contribution in [3.63, 3.8) is 0 Å². The van der Waals surface area contributed by atoms with Gasteiger partial charge in [-0.05, 0) is 30.7 Å². The molecule has 0 atom stereocenters. The molecule has 0 aliphatic heterocycles. The van der Waals surface area contributed by atoms with E-state index in [1.54, 1.807) is 6.07 Å². The minimum atomic E-state index is -3.64. The SMILES string of the molecule is COCCCNS(=O)(=O)c1ccc(NC(=O)Cc2ccccc2[N+](=O)[O-])cc1. The molecule has 0 bridgehead atoms. The standard InChI is InChI=1S/C18H21N3O6S/c1-27-12-4-11-19-28(25,26)16-9-7-15(8-10-16)20-18(22)13-14-5-2-3-6-17(14)21(23)24/h2-3,5-10,19H,4,11-13H2,1H3,(H,20,22). The number of rotatable bonds is 10. The molecule has 9 nitrogen and oxygen atoms in total. The second kappa shape index (κ2) is 9.93. The van der Waals surface area contributed by atoms with E-state index in [1.165, 1.54) is 49.6 Å². The van der Waals surface area contributed by atoms with Gasteiger partial charge < -0.3 is 10.1 Å². The van der Waals surface area contributed by atoms with E-state index in [1.807, 2.05) is 0 Å². The molecule has 0 heterocycles. The van der Waals surface area contributed by atoms with Crippen molar-refractivity contribution < 1.29 is 22.9 Å². The Hall–Kier alpha value is -2.82. The lowest BCUT2D eigenvalue weighted by Gasteiger charge is -2.09. The Kier molecular flexibility index (Phi) is 7.61. The first-order valence-corrected chi connectivity index (χ1v) is 9.92. The van der Waals surface area contributed by atoms with Gasteiger partial charge in [0.15, 0.2) is 0 Å². The van der Waals surface area contributed by atoms with Gasteiger partial charge in [0.1, 0.15) is 0 Å². The predicted octanol–water partition coefficient (Wildman–Crippen LogP) is 2.09. The van der Waals surface area contributed by atoms with Crippen LogP contribution < -0.4 is 10.0 Å². The molecule has 2 aromatic carbocycles. The molecule has 0 unspecified atom stereocenters. The maximum Gasteiger partial charge on any atom is 0.273 e. The number of nitrogens with zero attached hydrogens (tertiary/aromatic N) is 1. The lowest BCUT2D eigenvalue weighted by molar-refractivity contribution is -0.385. The van der Waals surface area contributed by atoms with Crippen LogP contribution in [-0.2, 0) is 26.0 Å². The van der Waals surface area contributed by atoms with Crippen LogP contribution in [0.25, 0.3) is 0 Å². The van der Waals surface area contributed by atoms with Gasteiger partial charge >= 0.3 is 0 Å². The summed E-state index contributed by atoms with van der Waals surface area (Å²) in [7, 11) is -2.10. The van der Waals surface area contributed by atoms with Crippen LogP contribution >= 0.6 is 0 Å². The van der Waals surface area contributed by atoms with Gasteiger partial charge in [-0.25, -0.2) is 13.1 Å². The zero-order valence-electron chi connectivity index (χ0n) is 15.3. The van der Waals surface area contributed by atoms with Gasteiger partial charge in [-0.3, -0.25) is 14.9 Å². The normalized spacial score (nSPS) is 11.2. The Labute approximate surface area is 162 Å². The average molecular weight is 407 g/mol. The van der Waals surface area contributed by atoms with Crippen molar-refractivity contribution in [3.05, 3.63) is 64.2 Å². The number of benzene rings is 2. The lowest BCUT2D eigenvalue weighted by atomic mass is 10.1. The van der Waals surface area contributed by atoms with E-state index in [4.69, 9.17) is 4.74 Å². The first-order chi connectivity index (χ1) is 13.3. The van der Waals surface area contributed by atoms with E-state index in [-0.39, 0.29) is 23.5 Å². The van der Waals surface area contributed by atoms with Crippen LogP contribution in [-0.4, -0.2) is 39.5 Å². The predicted molar refractivity (Wildman–Crippen MR) is 104 cm³/mol. The first kappa shape index (κ1) is 21.5. The van der Waals surface area contributed by atoms with Gasteiger partial charge in [-0.15, -0.1) is 0 Å². The van der Waals surface area contributed by atoms with E-state index in [2.05, 4.69) is 10.0 Å². The number of methoxy groups -OCH3 is 1. The maximum atomic E-state index is 12.2. The molecule has 0 aliphatic rings. The summed E-state index contributed by atoms with van der Waals surface area (Å²) in [5, 5.41) is 13.6. The third kappa shape index (κ3) is 6.12. The van der Waals surface area contributed by atoms with Gasteiger partial charge in [0.25, 0.3) is 5.69 Å². The summed E-state index contributed by atoms with van der Waals surface area (Å²) < 4.78 is 31.7. The van der Waals surface area contributed by atoms with Gasteiger partial charge in [-0.2, -0.15) is 0 Å². The average Bonchev–Trinajstić information content (AvgIpc) is 2.66. The molecule has 0 aromatic heterocycles. The van der Waals surface area contributed by atoms with Crippen LogP contribution in [0.1, 0.15) is 12.0 Å². The van der Waals surface area contributed by atoms with E-state index in [9.17, 15) is 23.3 Å². The topological polar surface area (TPSA) is 128 Å². The molecule has 2 aromatic rings. The van der Waals surface area contributed by atoms with E-state index >= 15 is 0 Å². The van der Waals surface area contributed by atoms with E-state index in [0.29, 0.717) is 24.3 Å². The fourth-order valence-corrected chi connectivity index (χ4v) is 3.51. The number of hydrogen-bond acceptors (Lipinski definition) is 6. The van der Waals surface area contributed by atoms with Crippen LogP contribution in [0.15, 0.2) is 53.4 Å². The van der Waals surface area contributed by atoms with Crippen molar-refractivity contribution in [1.82, 2.24) is 4.72 Å². The smallest absolute Gasteiger partial charge is 0.273 e. The number of nitro groups is 1. The highest BCUT2D eigenvalue weighted by Crippen LogP contribution is 2.19. The number of nitrogens with one attached hydrogen (secondary N) is 2. The summed E-state index contributed by atoms with van der Waals surface area (Å²) in [6.45, 7) is 0.706. The van der Waals surface area contributed by atoms with Crippen molar-refractivity contribution in [3.8, 4) is 0 Å². The number of para-hydroxylation sites is 1. The zero-order valence-corrected chi connectivity index (χ0v) is 16.1. The Bertz CT molecular complexity index is 929. The fourth-order valence-electron chi connectivity index (χ4n) is 2.44. The summed E-state index contributed by atoms with van der Waals surface area (Å²) in [4.78, 5) is 22.7. The van der Waals surface area contributed by atoms with Crippen LogP contribution in [0.5, 0.6) is 0 Å². The number of carbonyl (C=O) groups excluding carboxylic acids is 1. The second-order valence-electron chi connectivity index (χ2n) is 5.88. The summed E-state index contributed by atoms with van der Waals surface area (Å²) in [6.07, 6.45) is 0.383. The van der Waals surface area contributed by atoms with Crippen molar-refractivity contribution in [2.24, 2.45) is 0 Å². The Morgan fingerprint density at radius 2 is 1.82 bits per heavy atom. The monoisotopic (exact) mass is 407 g/mol. The number of carbonyl (C=O) groups is 1. The second-order valence-corrected chi connectivity index (χ2v) is 7.65. The summed E-state index contributed by atoms with van der Waals surface area (Å²) in [6, 6.07) is 11.7. The number of ether oxygens (including phenoxy) is 1. The van der Waals surface area contributed by atoms with Crippen LogP contribution in [0, 0.1) is 10.1 Å². The molecular formula is C18H21N3O6S. The quantitative estimate of drug-likeness (QED) is 0.353. The lowest BCUT2D eigenvalue weighted by Crippen LogP contribution is -2.25. The van der Waals surface area contributed by atoms with Crippen molar-refractivity contribution in [2.75, 3.05) is 25.6 Å². The number of anilines is 1. The molecule has 0 aliphatic carbocycles. The Morgan fingerprint density at radius 1 is 1.14 bits per heavy atom. The molecular weight excluding hydrogens is 386 g/mol. The molecule has 0 radical (unpaired) electrons. The Morgan fingerprint density at radius 3 is 2.46 bits per heavy atom. The highest BCUT2D eigenvalue weighted by atomic mass is 32.2. The van der Waals surface area contributed by atoms with Gasteiger partial charge in [0.2, 0.25) is 15.9 Å². The molecule has 2 rings (SSSR count). The number of hydrogen-bond donors (Lipinski definition) is 2. The van der Waals surface area contributed by atoms with Crippen molar-refractivity contribution in [1.29, 1.82) is 0 Å². The third-order valence-corrected chi connectivity index (χ3v) is 5.28. The first-order valence-electron chi connectivity index (χ1n) is 8.44. The minimum absolute atomic E-state index is 0.0709. The van der Waals surface area contributed by atoms with Crippen LogP contribution in [0.3, 0.4) is 0 Å². The highest BCUT2D eigenvalue weighted by molar-refractivity contribution is 7.89. The van der Waals surface area contributed by atoms with Crippen LogP contribution in [0.4, 0.5) is 11.4 Å². The highest BCUT2D eigenvalue weighted by Gasteiger charge is 2.16.